The van der Waals surface area contributed by atoms with Crippen molar-refractivity contribution < 1.29 is 9.53 Å². The molecule has 2 N–H and O–H groups in total. The number of Topliss-reactive ketones (excluding diaryl/α,β-unsaturated/α-hetero) is 1. The van der Waals surface area contributed by atoms with Gasteiger partial charge in [0.2, 0.25) is 0 Å². The quantitative estimate of drug-likeness (QED) is 0.520. The normalized spacial score (nSPS) is 35.9. The van der Waals surface area contributed by atoms with Gasteiger partial charge >= 0.3 is 0 Å². The molecular weight excluding hydrogens is 118 g/mol. The molecule has 3 nitrogen and oxygen atoms in total. The minimum Gasteiger partial charge on any atom is -0.362 e. The maximum Gasteiger partial charge on any atom is 0.183 e. The molecule has 9 heavy (non-hydrogen) atoms. The average molecular weight is 129 g/mol. The zero-order chi connectivity index (χ0) is 7.07. The molecule has 0 aromatic heterocycles. The summed E-state index contributed by atoms with van der Waals surface area (Å²) in [4.78, 5) is 11.0. The monoisotopic (exact) mass is 129 g/mol. The van der Waals surface area contributed by atoms with E-state index in [1.165, 1.54) is 0 Å². The van der Waals surface area contributed by atoms with E-state index in [0.29, 0.717) is 6.61 Å². The second-order valence-electron chi connectivity index (χ2n) is 2.67. The molecule has 1 aliphatic rings. The minimum atomic E-state index is -0.534. The first-order valence-electron chi connectivity index (χ1n) is 3.00. The van der Waals surface area contributed by atoms with Crippen LogP contribution in [0.3, 0.4) is 0 Å². The zero-order valence-corrected chi connectivity index (χ0v) is 5.68. The third-order valence-corrected chi connectivity index (χ3v) is 1.51. The lowest BCUT2D eigenvalue weighted by molar-refractivity contribution is -0.124. The second kappa shape index (κ2) is 1.78. The SMILES string of the molecule is CC(N)C(=O)C1(C)CO1. The Labute approximate surface area is 54.2 Å². The molecule has 2 atom stereocenters. The molecule has 0 radical (unpaired) electrons. The van der Waals surface area contributed by atoms with Gasteiger partial charge in [-0.3, -0.25) is 4.79 Å². The highest BCUT2D eigenvalue weighted by Gasteiger charge is 2.47. The molecule has 0 aliphatic carbocycles. The van der Waals surface area contributed by atoms with Crippen molar-refractivity contribution >= 4 is 5.78 Å². The molecule has 0 amide bonds. The Hall–Kier alpha value is -0.410. The summed E-state index contributed by atoms with van der Waals surface area (Å²) in [6.45, 7) is 3.97. The van der Waals surface area contributed by atoms with Crippen LogP contribution in [0.4, 0.5) is 0 Å². The molecular formula is C6H11NO2. The maximum absolute atomic E-state index is 11.0. The number of hydrogen-bond donors (Lipinski definition) is 1. The molecule has 52 valence electrons. The summed E-state index contributed by atoms with van der Waals surface area (Å²) in [5.74, 6) is 0.00231. The summed E-state index contributed by atoms with van der Waals surface area (Å²) in [5.41, 5.74) is 4.80. The summed E-state index contributed by atoms with van der Waals surface area (Å²) in [6.07, 6.45) is 0. The minimum absolute atomic E-state index is 0.00231. The van der Waals surface area contributed by atoms with Crippen LogP contribution in [0.25, 0.3) is 0 Å². The van der Waals surface area contributed by atoms with E-state index in [4.69, 9.17) is 10.5 Å². The van der Waals surface area contributed by atoms with Gasteiger partial charge in [0.05, 0.1) is 12.6 Å². The third kappa shape index (κ3) is 1.11. The van der Waals surface area contributed by atoms with Gasteiger partial charge in [0, 0.05) is 0 Å². The smallest absolute Gasteiger partial charge is 0.183 e. The van der Waals surface area contributed by atoms with Crippen molar-refractivity contribution in [2.75, 3.05) is 6.61 Å². The Kier molecular flexibility index (Phi) is 1.33. The number of epoxide rings is 1. The van der Waals surface area contributed by atoms with Gasteiger partial charge in [-0.1, -0.05) is 0 Å². The molecule has 2 unspecified atom stereocenters. The fourth-order valence-corrected chi connectivity index (χ4v) is 0.732. The van der Waals surface area contributed by atoms with Gasteiger partial charge in [0.15, 0.2) is 5.78 Å². The maximum atomic E-state index is 11.0. The molecule has 1 fully saturated rings. The summed E-state index contributed by atoms with van der Waals surface area (Å²) < 4.78 is 4.89. The van der Waals surface area contributed by atoms with Gasteiger partial charge in [-0.2, -0.15) is 0 Å². The highest BCUT2D eigenvalue weighted by Crippen LogP contribution is 2.27. The average Bonchev–Trinajstić information content (AvgIpc) is 2.47. The Bertz CT molecular complexity index is 138. The lowest BCUT2D eigenvalue weighted by atomic mass is 10.0. The van der Waals surface area contributed by atoms with Gasteiger partial charge in [-0.15, -0.1) is 0 Å². The van der Waals surface area contributed by atoms with Gasteiger partial charge in [-0.05, 0) is 13.8 Å². The largest absolute Gasteiger partial charge is 0.362 e. The van der Waals surface area contributed by atoms with E-state index in [9.17, 15) is 4.79 Å². The molecule has 0 bridgehead atoms. The number of hydrogen-bond acceptors (Lipinski definition) is 3. The molecule has 1 aliphatic heterocycles. The molecule has 0 spiro atoms. The van der Waals surface area contributed by atoms with Crippen LogP contribution in [-0.4, -0.2) is 24.0 Å². The molecule has 1 rings (SSSR count). The fourth-order valence-electron chi connectivity index (χ4n) is 0.732. The van der Waals surface area contributed by atoms with E-state index in [1.807, 2.05) is 0 Å². The van der Waals surface area contributed by atoms with Crippen molar-refractivity contribution in [1.82, 2.24) is 0 Å². The van der Waals surface area contributed by atoms with Crippen molar-refractivity contribution in [2.24, 2.45) is 5.73 Å². The van der Waals surface area contributed by atoms with Crippen molar-refractivity contribution in [1.29, 1.82) is 0 Å². The van der Waals surface area contributed by atoms with E-state index in [0.717, 1.165) is 0 Å². The standard InChI is InChI=1S/C6H11NO2/c1-4(7)5(8)6(2)3-9-6/h4H,3,7H2,1-2H3. The van der Waals surface area contributed by atoms with E-state index in [-0.39, 0.29) is 5.78 Å². The van der Waals surface area contributed by atoms with Crippen LogP contribution in [0.15, 0.2) is 0 Å². The van der Waals surface area contributed by atoms with Crippen LogP contribution in [-0.2, 0) is 9.53 Å². The topological polar surface area (TPSA) is 55.6 Å². The fraction of sp³-hybridized carbons (Fsp3) is 0.833. The van der Waals surface area contributed by atoms with Gasteiger partial charge in [0.25, 0.3) is 0 Å². The van der Waals surface area contributed by atoms with Gasteiger partial charge in [-0.25, -0.2) is 0 Å². The first-order valence-corrected chi connectivity index (χ1v) is 3.00. The molecule has 0 aromatic rings. The highest BCUT2D eigenvalue weighted by atomic mass is 16.6. The zero-order valence-electron chi connectivity index (χ0n) is 5.68. The Morgan fingerprint density at radius 2 is 2.33 bits per heavy atom. The van der Waals surface area contributed by atoms with Gasteiger partial charge in [0.1, 0.15) is 5.60 Å². The van der Waals surface area contributed by atoms with E-state index < -0.39 is 11.6 Å². The van der Waals surface area contributed by atoms with Crippen LogP contribution >= 0.6 is 0 Å². The number of carbonyl (C=O) groups is 1. The van der Waals surface area contributed by atoms with Crippen LogP contribution in [0.5, 0.6) is 0 Å². The van der Waals surface area contributed by atoms with Gasteiger partial charge < -0.3 is 10.5 Å². The van der Waals surface area contributed by atoms with E-state index >= 15 is 0 Å². The summed E-state index contributed by atoms with van der Waals surface area (Å²) in [7, 11) is 0. The lowest BCUT2D eigenvalue weighted by Crippen LogP contribution is -2.36. The van der Waals surface area contributed by atoms with Crippen molar-refractivity contribution in [2.45, 2.75) is 25.5 Å². The predicted octanol–water partition coefficient (Wildman–Crippen LogP) is -0.308. The first kappa shape index (κ1) is 6.71. The van der Waals surface area contributed by atoms with Crippen LogP contribution in [0.1, 0.15) is 13.8 Å². The van der Waals surface area contributed by atoms with Crippen LogP contribution in [0, 0.1) is 0 Å². The van der Waals surface area contributed by atoms with E-state index in [1.54, 1.807) is 13.8 Å². The Morgan fingerprint density at radius 1 is 1.89 bits per heavy atom. The van der Waals surface area contributed by atoms with Crippen molar-refractivity contribution in [3.8, 4) is 0 Å². The first-order chi connectivity index (χ1) is 4.06. The second-order valence-corrected chi connectivity index (χ2v) is 2.67. The Balaban J connectivity index is 2.53. The number of rotatable bonds is 2. The number of carbonyl (C=O) groups excluding carboxylic acids is 1. The molecule has 3 heteroatoms. The van der Waals surface area contributed by atoms with E-state index in [2.05, 4.69) is 0 Å². The molecule has 0 saturated carbocycles. The molecule has 0 aromatic carbocycles. The number of ketones is 1. The Morgan fingerprint density at radius 3 is 2.44 bits per heavy atom. The summed E-state index contributed by atoms with van der Waals surface area (Å²) >= 11 is 0. The molecule has 1 heterocycles. The van der Waals surface area contributed by atoms with Crippen LogP contribution < -0.4 is 5.73 Å². The van der Waals surface area contributed by atoms with Crippen molar-refractivity contribution in [3.05, 3.63) is 0 Å². The van der Waals surface area contributed by atoms with Crippen molar-refractivity contribution in [3.63, 3.8) is 0 Å². The number of nitrogens with two attached hydrogens (primary N) is 1. The predicted molar refractivity (Wildman–Crippen MR) is 33.0 cm³/mol. The van der Waals surface area contributed by atoms with Crippen LogP contribution in [0.2, 0.25) is 0 Å². The number of ether oxygens (including phenoxy) is 1. The summed E-state index contributed by atoms with van der Waals surface area (Å²) in [6, 6.07) is -0.391. The lowest BCUT2D eigenvalue weighted by Gasteiger charge is -2.05. The highest BCUT2D eigenvalue weighted by molar-refractivity contribution is 5.93. The molecule has 1 saturated heterocycles. The summed E-state index contributed by atoms with van der Waals surface area (Å²) in [5, 5.41) is 0. The third-order valence-electron chi connectivity index (χ3n) is 1.51.